The molecular formula is C22H13Cl2N3O6S. The number of thioether (sulfide) groups is 1. The average Bonchev–Trinajstić information content (AvgIpc) is 3.34. The molecule has 3 aromatic rings. The molecule has 2 aromatic carbocycles. The smallest absolute Gasteiger partial charge is 0.294 e. The Kier molecular flexibility index (Phi) is 6.73. The number of nitrogens with one attached hydrogen (secondary N) is 1. The van der Waals surface area contributed by atoms with Crippen LogP contribution in [0.4, 0.5) is 16.2 Å². The molecule has 2 heterocycles. The van der Waals surface area contributed by atoms with Crippen LogP contribution in [0.5, 0.6) is 0 Å². The number of benzene rings is 2. The van der Waals surface area contributed by atoms with Gasteiger partial charge in [0.15, 0.2) is 0 Å². The van der Waals surface area contributed by atoms with Crippen molar-refractivity contribution in [3.8, 4) is 11.3 Å². The van der Waals surface area contributed by atoms with Gasteiger partial charge in [0.1, 0.15) is 18.1 Å². The van der Waals surface area contributed by atoms with Crippen LogP contribution in [-0.2, 0) is 9.59 Å². The number of anilines is 1. The first-order valence-corrected chi connectivity index (χ1v) is 11.1. The molecule has 1 saturated heterocycles. The van der Waals surface area contributed by atoms with Crippen molar-refractivity contribution in [2.75, 3.05) is 11.9 Å². The van der Waals surface area contributed by atoms with Gasteiger partial charge in [-0.05, 0) is 48.2 Å². The Labute approximate surface area is 206 Å². The van der Waals surface area contributed by atoms with Crippen molar-refractivity contribution in [3.63, 3.8) is 0 Å². The second-order valence-corrected chi connectivity index (χ2v) is 8.79. The van der Waals surface area contributed by atoms with Gasteiger partial charge < -0.3 is 9.73 Å². The zero-order valence-corrected chi connectivity index (χ0v) is 19.3. The zero-order valence-electron chi connectivity index (χ0n) is 17.0. The number of rotatable bonds is 6. The lowest BCUT2D eigenvalue weighted by Crippen LogP contribution is -2.36. The van der Waals surface area contributed by atoms with Gasteiger partial charge in [-0.1, -0.05) is 29.3 Å². The Morgan fingerprint density at radius 3 is 2.68 bits per heavy atom. The second-order valence-electron chi connectivity index (χ2n) is 6.95. The minimum Gasteiger partial charge on any atom is -0.457 e. The highest BCUT2D eigenvalue weighted by atomic mass is 35.5. The van der Waals surface area contributed by atoms with E-state index in [4.69, 9.17) is 27.6 Å². The van der Waals surface area contributed by atoms with Crippen molar-refractivity contribution in [2.45, 2.75) is 0 Å². The number of halogens is 2. The standard InChI is InChI=1S/C22H13Cl2N3O6S/c23-12-2-1-3-13(8-12)25-20(28)11-26-21(29)19(34-22(26)30)10-15-5-7-18(33-15)16-9-14(27(31)32)4-6-17(16)24/h1-10H,11H2,(H,25,28)/b19-10+. The molecule has 9 nitrogen and oxygen atoms in total. The number of non-ortho nitro benzene ring substituents is 1. The first kappa shape index (κ1) is 23.6. The third kappa shape index (κ3) is 5.14. The molecule has 4 rings (SSSR count). The van der Waals surface area contributed by atoms with Gasteiger partial charge in [-0.15, -0.1) is 0 Å². The van der Waals surface area contributed by atoms with Crippen LogP contribution in [0.2, 0.25) is 10.0 Å². The first-order valence-electron chi connectivity index (χ1n) is 9.56. The molecule has 0 radical (unpaired) electrons. The molecule has 0 unspecified atom stereocenters. The fourth-order valence-electron chi connectivity index (χ4n) is 3.07. The first-order chi connectivity index (χ1) is 16.2. The maximum Gasteiger partial charge on any atom is 0.294 e. The summed E-state index contributed by atoms with van der Waals surface area (Å²) in [5, 5.41) is 13.7. The molecule has 0 bridgehead atoms. The summed E-state index contributed by atoms with van der Waals surface area (Å²) in [5.41, 5.74) is 0.582. The average molecular weight is 518 g/mol. The minimum atomic E-state index is -0.650. The lowest BCUT2D eigenvalue weighted by molar-refractivity contribution is -0.384. The van der Waals surface area contributed by atoms with Gasteiger partial charge in [-0.25, -0.2) is 0 Å². The van der Waals surface area contributed by atoms with E-state index in [2.05, 4.69) is 5.32 Å². The number of nitro groups is 1. The molecule has 1 aromatic heterocycles. The number of imide groups is 1. The highest BCUT2D eigenvalue weighted by molar-refractivity contribution is 8.18. The van der Waals surface area contributed by atoms with Crippen LogP contribution in [0.3, 0.4) is 0 Å². The van der Waals surface area contributed by atoms with Crippen LogP contribution in [0.25, 0.3) is 17.4 Å². The minimum absolute atomic E-state index is 0.0617. The molecule has 1 aliphatic heterocycles. The highest BCUT2D eigenvalue weighted by Crippen LogP contribution is 2.35. The largest absolute Gasteiger partial charge is 0.457 e. The molecule has 1 aliphatic rings. The van der Waals surface area contributed by atoms with E-state index in [0.29, 0.717) is 28.0 Å². The maximum atomic E-state index is 12.7. The summed E-state index contributed by atoms with van der Waals surface area (Å²) >= 11 is 12.7. The summed E-state index contributed by atoms with van der Waals surface area (Å²) in [5.74, 6) is -0.736. The van der Waals surface area contributed by atoms with Gasteiger partial charge in [-0.2, -0.15) is 0 Å². The Bertz CT molecular complexity index is 1370. The summed E-state index contributed by atoms with van der Waals surface area (Å²) < 4.78 is 5.67. The Morgan fingerprint density at radius 2 is 1.94 bits per heavy atom. The van der Waals surface area contributed by atoms with Crippen LogP contribution < -0.4 is 5.32 Å². The predicted molar refractivity (Wildman–Crippen MR) is 129 cm³/mol. The number of hydrogen-bond donors (Lipinski definition) is 1. The van der Waals surface area contributed by atoms with E-state index >= 15 is 0 Å². The van der Waals surface area contributed by atoms with Crippen molar-refractivity contribution in [2.24, 2.45) is 0 Å². The van der Waals surface area contributed by atoms with E-state index < -0.39 is 28.5 Å². The van der Waals surface area contributed by atoms with Crippen LogP contribution in [-0.4, -0.2) is 33.4 Å². The van der Waals surface area contributed by atoms with Gasteiger partial charge in [0, 0.05) is 34.5 Å². The van der Waals surface area contributed by atoms with Crippen LogP contribution in [0, 0.1) is 10.1 Å². The number of nitrogens with zero attached hydrogens (tertiary/aromatic N) is 2. The van der Waals surface area contributed by atoms with E-state index in [1.165, 1.54) is 36.4 Å². The summed E-state index contributed by atoms with van der Waals surface area (Å²) in [6, 6.07) is 13.5. The molecule has 3 amide bonds. The van der Waals surface area contributed by atoms with E-state index in [-0.39, 0.29) is 27.1 Å². The summed E-state index contributed by atoms with van der Waals surface area (Å²) in [7, 11) is 0. The summed E-state index contributed by atoms with van der Waals surface area (Å²) in [4.78, 5) is 48.7. The predicted octanol–water partition coefficient (Wildman–Crippen LogP) is 5.84. The third-order valence-electron chi connectivity index (χ3n) is 4.61. The molecule has 34 heavy (non-hydrogen) atoms. The number of hydrogen-bond acceptors (Lipinski definition) is 7. The van der Waals surface area contributed by atoms with Crippen LogP contribution in [0.1, 0.15) is 5.76 Å². The fraction of sp³-hybridized carbons (Fsp3) is 0.0455. The number of amides is 3. The zero-order chi connectivity index (χ0) is 24.4. The van der Waals surface area contributed by atoms with E-state index in [9.17, 15) is 24.5 Å². The SMILES string of the molecule is O=C(CN1C(=O)S/C(=C/c2ccc(-c3cc([N+](=O)[O-])ccc3Cl)o2)C1=O)Nc1cccc(Cl)c1. The molecule has 0 spiro atoms. The Hall–Kier alpha value is -3.60. The monoisotopic (exact) mass is 517 g/mol. The molecule has 172 valence electrons. The summed E-state index contributed by atoms with van der Waals surface area (Å²) in [6.45, 7) is -0.471. The van der Waals surface area contributed by atoms with Crippen LogP contribution >= 0.6 is 35.0 Å². The third-order valence-corrected chi connectivity index (χ3v) is 6.08. The highest BCUT2D eigenvalue weighted by Gasteiger charge is 2.36. The number of nitro benzene ring substituents is 1. The van der Waals surface area contributed by atoms with Crippen molar-refractivity contribution in [3.05, 3.63) is 85.4 Å². The Morgan fingerprint density at radius 1 is 1.15 bits per heavy atom. The second kappa shape index (κ2) is 9.72. The van der Waals surface area contributed by atoms with E-state index in [0.717, 1.165) is 4.90 Å². The lowest BCUT2D eigenvalue weighted by atomic mass is 10.1. The van der Waals surface area contributed by atoms with Crippen molar-refractivity contribution < 1.29 is 23.7 Å². The van der Waals surface area contributed by atoms with Gasteiger partial charge in [-0.3, -0.25) is 29.4 Å². The van der Waals surface area contributed by atoms with E-state index in [1.54, 1.807) is 24.3 Å². The van der Waals surface area contributed by atoms with Crippen LogP contribution in [0.15, 0.2) is 63.9 Å². The molecule has 12 heteroatoms. The summed E-state index contributed by atoms with van der Waals surface area (Å²) in [6.07, 6.45) is 1.36. The van der Waals surface area contributed by atoms with Gasteiger partial charge in [0.25, 0.3) is 16.8 Å². The van der Waals surface area contributed by atoms with Gasteiger partial charge in [0.05, 0.1) is 14.9 Å². The number of furan rings is 1. The topological polar surface area (TPSA) is 123 Å². The van der Waals surface area contributed by atoms with Gasteiger partial charge >= 0.3 is 0 Å². The molecule has 0 aliphatic carbocycles. The maximum absolute atomic E-state index is 12.7. The number of carbonyl (C=O) groups is 3. The molecule has 0 atom stereocenters. The lowest BCUT2D eigenvalue weighted by Gasteiger charge is -2.12. The number of carbonyl (C=O) groups excluding carboxylic acids is 3. The molecule has 0 saturated carbocycles. The van der Waals surface area contributed by atoms with Crippen molar-refractivity contribution >= 4 is 69.5 Å². The fourth-order valence-corrected chi connectivity index (χ4v) is 4.29. The molecule has 1 fully saturated rings. The normalized spacial score (nSPS) is 14.6. The van der Waals surface area contributed by atoms with Gasteiger partial charge in [0.2, 0.25) is 5.91 Å². The molecular weight excluding hydrogens is 505 g/mol. The Balaban J connectivity index is 1.49. The quantitative estimate of drug-likeness (QED) is 0.247. The van der Waals surface area contributed by atoms with Crippen molar-refractivity contribution in [1.29, 1.82) is 0 Å². The molecule has 1 N–H and O–H groups in total. The van der Waals surface area contributed by atoms with E-state index in [1.807, 2.05) is 0 Å². The van der Waals surface area contributed by atoms with Crippen molar-refractivity contribution in [1.82, 2.24) is 4.90 Å².